The van der Waals surface area contributed by atoms with Gasteiger partial charge in [-0.2, -0.15) is 0 Å². The van der Waals surface area contributed by atoms with Gasteiger partial charge >= 0.3 is 5.97 Å². The minimum absolute atomic E-state index is 0.0609. The van der Waals surface area contributed by atoms with Crippen molar-refractivity contribution in [3.05, 3.63) is 23.8 Å². The van der Waals surface area contributed by atoms with Gasteiger partial charge in [0.1, 0.15) is 5.54 Å². The molecule has 0 saturated carbocycles. The van der Waals surface area contributed by atoms with Crippen LogP contribution in [-0.2, 0) is 16.0 Å². The lowest BCUT2D eigenvalue weighted by Crippen LogP contribution is -2.57. The van der Waals surface area contributed by atoms with Crippen molar-refractivity contribution in [2.24, 2.45) is 5.73 Å². The van der Waals surface area contributed by atoms with E-state index in [9.17, 15) is 24.9 Å². The molecule has 6 N–H and O–H groups in total. The predicted octanol–water partition coefficient (Wildman–Crippen LogP) is -0.0530. The van der Waals surface area contributed by atoms with Crippen LogP contribution in [0.5, 0.6) is 11.5 Å². The third kappa shape index (κ3) is 3.61. The first kappa shape index (κ1) is 15.8. The van der Waals surface area contributed by atoms with E-state index in [1.165, 1.54) is 32.0 Å². The first-order valence-electron chi connectivity index (χ1n) is 5.97. The van der Waals surface area contributed by atoms with E-state index in [2.05, 4.69) is 5.32 Å². The van der Waals surface area contributed by atoms with Crippen molar-refractivity contribution in [2.75, 3.05) is 0 Å². The zero-order valence-electron chi connectivity index (χ0n) is 11.3. The van der Waals surface area contributed by atoms with Gasteiger partial charge in [0, 0.05) is 6.42 Å². The summed E-state index contributed by atoms with van der Waals surface area (Å²) in [4.78, 5) is 23.0. The third-order valence-corrected chi connectivity index (χ3v) is 2.88. The Bertz CT molecular complexity index is 529. The van der Waals surface area contributed by atoms with Crippen molar-refractivity contribution >= 4 is 11.9 Å². The zero-order valence-corrected chi connectivity index (χ0v) is 11.3. The Kier molecular flexibility index (Phi) is 4.57. The summed E-state index contributed by atoms with van der Waals surface area (Å²) in [5.41, 5.74) is 4.30. The molecule has 0 aliphatic carbocycles. The van der Waals surface area contributed by atoms with Crippen molar-refractivity contribution in [3.8, 4) is 11.5 Å². The zero-order chi connectivity index (χ0) is 15.5. The van der Waals surface area contributed by atoms with Crippen molar-refractivity contribution in [3.63, 3.8) is 0 Å². The number of nitrogens with two attached hydrogens (primary N) is 1. The van der Waals surface area contributed by atoms with Crippen molar-refractivity contribution in [2.45, 2.75) is 31.8 Å². The quantitative estimate of drug-likeness (QED) is 0.481. The summed E-state index contributed by atoms with van der Waals surface area (Å²) in [5, 5.41) is 30.3. The minimum Gasteiger partial charge on any atom is -0.504 e. The number of hydrogen-bond acceptors (Lipinski definition) is 5. The largest absolute Gasteiger partial charge is 0.504 e. The van der Waals surface area contributed by atoms with Crippen LogP contribution in [-0.4, -0.2) is 38.8 Å². The summed E-state index contributed by atoms with van der Waals surface area (Å²) in [6, 6.07) is 3.13. The number of phenols is 2. The number of aliphatic carboxylic acids is 1. The fourth-order valence-electron chi connectivity index (χ4n) is 1.65. The second kappa shape index (κ2) is 5.79. The van der Waals surface area contributed by atoms with Crippen molar-refractivity contribution < 1.29 is 24.9 Å². The summed E-state index contributed by atoms with van der Waals surface area (Å²) in [6.07, 6.45) is -0.0609. The molecule has 0 saturated heterocycles. The predicted molar refractivity (Wildman–Crippen MR) is 71.3 cm³/mol. The van der Waals surface area contributed by atoms with Gasteiger partial charge in [-0.15, -0.1) is 0 Å². The Hall–Kier alpha value is -2.28. The van der Waals surface area contributed by atoms with Gasteiger partial charge in [0.25, 0.3) is 0 Å². The lowest BCUT2D eigenvalue weighted by molar-refractivity contribution is -0.147. The molecule has 0 radical (unpaired) electrons. The lowest BCUT2D eigenvalue weighted by atomic mass is 9.92. The van der Waals surface area contributed by atoms with Gasteiger partial charge in [0.15, 0.2) is 11.5 Å². The standard InChI is InChI=1S/C13H18N2O5/c1-7(14)11(18)15-13(2,12(19)20)6-8-3-4-9(16)10(17)5-8/h3-5,7,16-17H,6,14H2,1-2H3,(H,15,18)(H,19,20)/t7-,13-/m0/s1. The van der Waals surface area contributed by atoms with Gasteiger partial charge in [-0.05, 0) is 31.5 Å². The Morgan fingerprint density at radius 2 is 1.95 bits per heavy atom. The summed E-state index contributed by atoms with van der Waals surface area (Å²) in [5.74, 6) is -2.46. The Morgan fingerprint density at radius 3 is 2.40 bits per heavy atom. The fourth-order valence-corrected chi connectivity index (χ4v) is 1.65. The van der Waals surface area contributed by atoms with Gasteiger partial charge < -0.3 is 26.4 Å². The summed E-state index contributed by atoms with van der Waals surface area (Å²) >= 11 is 0. The molecule has 0 aliphatic heterocycles. The SMILES string of the molecule is C[C@H](N)C(=O)N[C@@](C)(Cc1ccc(O)c(O)c1)C(=O)O. The van der Waals surface area contributed by atoms with E-state index in [-0.39, 0.29) is 17.9 Å². The molecule has 1 amide bonds. The maximum Gasteiger partial charge on any atom is 0.329 e. The number of benzene rings is 1. The van der Waals surface area contributed by atoms with E-state index < -0.39 is 23.5 Å². The van der Waals surface area contributed by atoms with Crippen molar-refractivity contribution in [1.29, 1.82) is 0 Å². The number of hydrogen-bond donors (Lipinski definition) is 5. The highest BCUT2D eigenvalue weighted by molar-refractivity contribution is 5.89. The molecule has 1 aromatic carbocycles. The molecule has 0 heterocycles. The molecular formula is C13H18N2O5. The molecule has 110 valence electrons. The normalized spacial score (nSPS) is 15.2. The van der Waals surface area contributed by atoms with E-state index >= 15 is 0 Å². The molecule has 2 atom stereocenters. The number of amides is 1. The van der Waals surface area contributed by atoms with Gasteiger partial charge in [0.05, 0.1) is 6.04 Å². The molecule has 1 aromatic rings. The molecule has 20 heavy (non-hydrogen) atoms. The topological polar surface area (TPSA) is 133 Å². The maximum atomic E-state index is 11.6. The third-order valence-electron chi connectivity index (χ3n) is 2.88. The molecule has 0 bridgehead atoms. The number of carboxylic acid groups (broad SMARTS) is 1. The highest BCUT2D eigenvalue weighted by Crippen LogP contribution is 2.26. The molecule has 0 spiro atoms. The molecule has 7 heteroatoms. The molecule has 0 fully saturated rings. The summed E-state index contributed by atoms with van der Waals surface area (Å²) in [7, 11) is 0. The number of phenolic OH excluding ortho intramolecular Hbond substituents is 2. The van der Waals surface area contributed by atoms with Gasteiger partial charge in [-0.3, -0.25) is 4.79 Å². The summed E-state index contributed by atoms with van der Waals surface area (Å²) < 4.78 is 0. The van der Waals surface area contributed by atoms with Crippen molar-refractivity contribution in [1.82, 2.24) is 5.32 Å². The molecule has 0 unspecified atom stereocenters. The molecule has 7 nitrogen and oxygen atoms in total. The van der Waals surface area contributed by atoms with Crippen LogP contribution in [0, 0.1) is 0 Å². The number of nitrogens with one attached hydrogen (secondary N) is 1. The summed E-state index contributed by atoms with van der Waals surface area (Å²) in [6.45, 7) is 2.80. The second-order valence-electron chi connectivity index (χ2n) is 4.92. The number of rotatable bonds is 5. The van der Waals surface area contributed by atoms with Crippen LogP contribution in [0.3, 0.4) is 0 Å². The number of aromatic hydroxyl groups is 2. The van der Waals surface area contributed by atoms with Crippen LogP contribution in [0.1, 0.15) is 19.4 Å². The van der Waals surface area contributed by atoms with E-state index in [0.29, 0.717) is 5.56 Å². The Balaban J connectivity index is 2.99. The van der Waals surface area contributed by atoms with Crippen LogP contribution >= 0.6 is 0 Å². The van der Waals surface area contributed by atoms with Crippen LogP contribution in [0.25, 0.3) is 0 Å². The molecule has 0 aromatic heterocycles. The van der Waals surface area contributed by atoms with Crippen LogP contribution < -0.4 is 11.1 Å². The van der Waals surface area contributed by atoms with Crippen LogP contribution in [0.15, 0.2) is 18.2 Å². The first-order valence-corrected chi connectivity index (χ1v) is 5.97. The smallest absolute Gasteiger partial charge is 0.329 e. The molecular weight excluding hydrogens is 264 g/mol. The Labute approximate surface area is 116 Å². The highest BCUT2D eigenvalue weighted by Gasteiger charge is 2.35. The van der Waals surface area contributed by atoms with Gasteiger partial charge in [0.2, 0.25) is 5.91 Å². The van der Waals surface area contributed by atoms with Crippen LogP contribution in [0.4, 0.5) is 0 Å². The average molecular weight is 282 g/mol. The number of carbonyl (C=O) groups excluding carboxylic acids is 1. The van der Waals surface area contributed by atoms with E-state index in [0.717, 1.165) is 0 Å². The number of carbonyl (C=O) groups is 2. The second-order valence-corrected chi connectivity index (χ2v) is 4.92. The molecule has 0 aliphatic rings. The Morgan fingerprint density at radius 1 is 1.35 bits per heavy atom. The van der Waals surface area contributed by atoms with Gasteiger partial charge in [-0.1, -0.05) is 6.07 Å². The molecule has 1 rings (SSSR count). The van der Waals surface area contributed by atoms with Crippen LogP contribution in [0.2, 0.25) is 0 Å². The highest BCUT2D eigenvalue weighted by atomic mass is 16.4. The fraction of sp³-hybridized carbons (Fsp3) is 0.385. The van der Waals surface area contributed by atoms with E-state index in [1.807, 2.05) is 0 Å². The monoisotopic (exact) mass is 282 g/mol. The van der Waals surface area contributed by atoms with E-state index in [1.54, 1.807) is 0 Å². The minimum atomic E-state index is -1.56. The maximum absolute atomic E-state index is 11.6. The first-order chi connectivity index (χ1) is 9.15. The number of carboxylic acids is 1. The van der Waals surface area contributed by atoms with Gasteiger partial charge in [-0.25, -0.2) is 4.79 Å². The van der Waals surface area contributed by atoms with E-state index in [4.69, 9.17) is 5.73 Å². The average Bonchev–Trinajstić information content (AvgIpc) is 2.33. The lowest BCUT2D eigenvalue weighted by Gasteiger charge is -2.27.